The molecule has 0 aliphatic carbocycles. The summed E-state index contributed by atoms with van der Waals surface area (Å²) in [4.78, 5) is 0. The van der Waals surface area contributed by atoms with E-state index in [9.17, 15) is 0 Å². The maximum Gasteiger partial charge on any atom is 0.231 e. The van der Waals surface area contributed by atoms with Crippen molar-refractivity contribution in [2.75, 3.05) is 21.0 Å². The molecule has 2 heterocycles. The van der Waals surface area contributed by atoms with Crippen molar-refractivity contribution < 1.29 is 18.9 Å². The SMILES string of the molecule is COc1ccc(C=CC2=NN=C(C)Cc3cc4c(cc32)OCO4)c(OC)c1. The summed E-state index contributed by atoms with van der Waals surface area (Å²) in [6, 6.07) is 9.67. The molecular weight excluding hydrogens is 344 g/mol. The quantitative estimate of drug-likeness (QED) is 0.826. The Kier molecular flexibility index (Phi) is 4.54. The molecule has 0 atom stereocenters. The van der Waals surface area contributed by atoms with Gasteiger partial charge in [-0.3, -0.25) is 0 Å². The van der Waals surface area contributed by atoms with Crippen LogP contribution in [-0.4, -0.2) is 32.4 Å². The second kappa shape index (κ2) is 7.15. The van der Waals surface area contributed by atoms with E-state index in [0.717, 1.165) is 57.5 Å². The molecule has 0 N–H and O–H groups in total. The minimum Gasteiger partial charge on any atom is -0.497 e. The number of ether oxygens (including phenoxy) is 4. The van der Waals surface area contributed by atoms with Crippen LogP contribution < -0.4 is 18.9 Å². The first kappa shape index (κ1) is 17.1. The molecular formula is C21H20N2O4. The fourth-order valence-corrected chi connectivity index (χ4v) is 3.12. The van der Waals surface area contributed by atoms with Gasteiger partial charge in [-0.15, -0.1) is 0 Å². The molecule has 0 aromatic heterocycles. The maximum atomic E-state index is 5.53. The average molecular weight is 364 g/mol. The zero-order chi connectivity index (χ0) is 18.8. The molecule has 0 unspecified atom stereocenters. The van der Waals surface area contributed by atoms with Gasteiger partial charge in [0.15, 0.2) is 11.5 Å². The molecule has 2 aliphatic rings. The molecule has 2 aliphatic heterocycles. The van der Waals surface area contributed by atoms with Crippen molar-refractivity contribution in [3.63, 3.8) is 0 Å². The summed E-state index contributed by atoms with van der Waals surface area (Å²) < 4.78 is 21.8. The normalized spacial score (nSPS) is 15.1. The molecule has 0 spiro atoms. The summed E-state index contributed by atoms with van der Waals surface area (Å²) in [6.07, 6.45) is 4.62. The molecule has 2 aromatic rings. The van der Waals surface area contributed by atoms with E-state index in [1.165, 1.54) is 0 Å². The lowest BCUT2D eigenvalue weighted by molar-refractivity contribution is 0.174. The molecule has 6 heteroatoms. The van der Waals surface area contributed by atoms with Gasteiger partial charge in [0.1, 0.15) is 11.5 Å². The number of nitrogens with zero attached hydrogens (tertiary/aromatic N) is 2. The van der Waals surface area contributed by atoms with Gasteiger partial charge in [0.25, 0.3) is 0 Å². The summed E-state index contributed by atoms with van der Waals surface area (Å²) in [6.45, 7) is 2.22. The van der Waals surface area contributed by atoms with Crippen LogP contribution in [0.25, 0.3) is 6.08 Å². The molecule has 27 heavy (non-hydrogen) atoms. The Morgan fingerprint density at radius 3 is 2.56 bits per heavy atom. The van der Waals surface area contributed by atoms with Crippen molar-refractivity contribution in [2.45, 2.75) is 13.3 Å². The summed E-state index contributed by atoms with van der Waals surface area (Å²) in [5.74, 6) is 2.97. The second-order valence-electron chi connectivity index (χ2n) is 6.30. The van der Waals surface area contributed by atoms with Crippen LogP contribution in [0.3, 0.4) is 0 Å². The Balaban J connectivity index is 1.73. The summed E-state index contributed by atoms with van der Waals surface area (Å²) >= 11 is 0. The number of methoxy groups -OCH3 is 2. The Bertz CT molecular complexity index is 976. The van der Waals surface area contributed by atoms with Gasteiger partial charge in [0, 0.05) is 29.3 Å². The van der Waals surface area contributed by atoms with Crippen LogP contribution in [0, 0.1) is 0 Å². The van der Waals surface area contributed by atoms with Crippen molar-refractivity contribution in [1.29, 1.82) is 0 Å². The molecule has 4 rings (SSSR count). The van der Waals surface area contributed by atoms with Crippen LogP contribution >= 0.6 is 0 Å². The lowest BCUT2D eigenvalue weighted by Crippen LogP contribution is -2.03. The van der Waals surface area contributed by atoms with Gasteiger partial charge in [-0.1, -0.05) is 0 Å². The first-order valence-electron chi connectivity index (χ1n) is 8.62. The Labute approximate surface area is 157 Å². The van der Waals surface area contributed by atoms with Crippen LogP contribution in [0.4, 0.5) is 0 Å². The summed E-state index contributed by atoms with van der Waals surface area (Å²) in [5, 5.41) is 8.76. The Hall–Kier alpha value is -3.28. The van der Waals surface area contributed by atoms with Crippen molar-refractivity contribution in [3.8, 4) is 23.0 Å². The number of benzene rings is 2. The zero-order valence-electron chi connectivity index (χ0n) is 15.5. The Morgan fingerprint density at radius 2 is 1.78 bits per heavy atom. The third-order valence-corrected chi connectivity index (χ3v) is 4.51. The van der Waals surface area contributed by atoms with Crippen LogP contribution in [-0.2, 0) is 6.42 Å². The van der Waals surface area contributed by atoms with Crippen LogP contribution in [0.1, 0.15) is 23.6 Å². The van der Waals surface area contributed by atoms with E-state index < -0.39 is 0 Å². The minimum atomic E-state index is 0.247. The van der Waals surface area contributed by atoms with Crippen molar-refractivity contribution in [3.05, 3.63) is 53.1 Å². The standard InChI is InChI=1S/C21H20N2O4/c1-13-8-15-9-20-21(27-12-26-20)11-17(15)18(23-22-13)7-5-14-4-6-16(24-2)10-19(14)25-3/h4-7,9-11H,8,12H2,1-3H3. The van der Waals surface area contributed by atoms with Gasteiger partial charge in [-0.05, 0) is 48.9 Å². The van der Waals surface area contributed by atoms with E-state index in [1.807, 2.05) is 49.4 Å². The first-order valence-corrected chi connectivity index (χ1v) is 8.62. The number of fused-ring (bicyclic) bond motifs is 2. The highest BCUT2D eigenvalue weighted by Gasteiger charge is 2.21. The van der Waals surface area contributed by atoms with Crippen molar-refractivity contribution >= 4 is 17.5 Å². The number of rotatable bonds is 4. The van der Waals surface area contributed by atoms with Crippen LogP contribution in [0.5, 0.6) is 23.0 Å². The molecule has 2 aromatic carbocycles. The number of allylic oxidation sites excluding steroid dienone is 1. The molecule has 0 amide bonds. The Morgan fingerprint density at radius 1 is 0.963 bits per heavy atom. The fraction of sp³-hybridized carbons (Fsp3) is 0.238. The molecule has 138 valence electrons. The lowest BCUT2D eigenvalue weighted by Gasteiger charge is -2.09. The van der Waals surface area contributed by atoms with Gasteiger partial charge < -0.3 is 18.9 Å². The highest BCUT2D eigenvalue weighted by Crippen LogP contribution is 2.36. The van der Waals surface area contributed by atoms with E-state index in [-0.39, 0.29) is 6.79 Å². The molecule has 0 bridgehead atoms. The van der Waals surface area contributed by atoms with Crippen LogP contribution in [0.15, 0.2) is 46.6 Å². The average Bonchev–Trinajstić information content (AvgIpc) is 3.08. The van der Waals surface area contributed by atoms with Gasteiger partial charge in [0.05, 0.1) is 19.9 Å². The molecule has 0 radical (unpaired) electrons. The largest absolute Gasteiger partial charge is 0.497 e. The van der Waals surface area contributed by atoms with Gasteiger partial charge >= 0.3 is 0 Å². The number of hydrogen-bond acceptors (Lipinski definition) is 6. The predicted octanol–water partition coefficient (Wildman–Crippen LogP) is 3.87. The highest BCUT2D eigenvalue weighted by molar-refractivity contribution is 6.13. The van der Waals surface area contributed by atoms with E-state index in [1.54, 1.807) is 14.2 Å². The second-order valence-corrected chi connectivity index (χ2v) is 6.30. The van der Waals surface area contributed by atoms with Crippen LogP contribution in [0.2, 0.25) is 0 Å². The van der Waals surface area contributed by atoms with E-state index in [0.29, 0.717) is 0 Å². The molecule has 0 fully saturated rings. The zero-order valence-corrected chi connectivity index (χ0v) is 15.5. The van der Waals surface area contributed by atoms with Crippen molar-refractivity contribution in [2.24, 2.45) is 10.2 Å². The molecule has 6 nitrogen and oxygen atoms in total. The maximum absolute atomic E-state index is 5.53. The summed E-state index contributed by atoms with van der Waals surface area (Å²) in [7, 11) is 3.27. The smallest absolute Gasteiger partial charge is 0.231 e. The van der Waals surface area contributed by atoms with E-state index in [2.05, 4.69) is 10.2 Å². The monoisotopic (exact) mass is 364 g/mol. The third-order valence-electron chi connectivity index (χ3n) is 4.51. The third kappa shape index (κ3) is 3.38. The summed E-state index contributed by atoms with van der Waals surface area (Å²) in [5.41, 5.74) is 4.73. The van der Waals surface area contributed by atoms with Gasteiger partial charge in [0.2, 0.25) is 6.79 Å². The minimum absolute atomic E-state index is 0.247. The predicted molar refractivity (Wildman–Crippen MR) is 104 cm³/mol. The topological polar surface area (TPSA) is 61.6 Å². The van der Waals surface area contributed by atoms with Crippen molar-refractivity contribution in [1.82, 2.24) is 0 Å². The highest BCUT2D eigenvalue weighted by atomic mass is 16.7. The van der Waals surface area contributed by atoms with E-state index >= 15 is 0 Å². The first-order chi connectivity index (χ1) is 13.2. The van der Waals surface area contributed by atoms with Gasteiger partial charge in [-0.2, -0.15) is 10.2 Å². The van der Waals surface area contributed by atoms with E-state index in [4.69, 9.17) is 18.9 Å². The van der Waals surface area contributed by atoms with Gasteiger partial charge in [-0.25, -0.2) is 0 Å². The molecule has 0 saturated carbocycles. The number of hydrogen-bond donors (Lipinski definition) is 0. The fourth-order valence-electron chi connectivity index (χ4n) is 3.12. The lowest BCUT2D eigenvalue weighted by atomic mass is 9.97. The molecule has 0 saturated heterocycles.